The highest BCUT2D eigenvalue weighted by Crippen LogP contribution is 2.26. The number of aliphatic imine (C=N–C) groups is 1. The van der Waals surface area contributed by atoms with Crippen molar-refractivity contribution in [1.82, 2.24) is 10.6 Å². The Kier molecular flexibility index (Phi) is 11.7. The lowest BCUT2D eigenvalue weighted by Gasteiger charge is -2.20. The summed E-state index contributed by atoms with van der Waals surface area (Å²) in [7, 11) is 3.23. The third-order valence-electron chi connectivity index (χ3n) is 4.49. The second-order valence-corrected chi connectivity index (χ2v) is 6.84. The lowest BCUT2D eigenvalue weighted by molar-refractivity contribution is -0.121. The summed E-state index contributed by atoms with van der Waals surface area (Å²) in [4.78, 5) is 16.0. The zero-order chi connectivity index (χ0) is 21.9. The van der Waals surface area contributed by atoms with E-state index < -0.39 is 11.8 Å². The lowest BCUT2D eigenvalue weighted by Crippen LogP contribution is -2.45. The van der Waals surface area contributed by atoms with Crippen molar-refractivity contribution in [3.8, 4) is 11.5 Å². The summed E-state index contributed by atoms with van der Waals surface area (Å²) in [5.41, 5.74) is 6.37. The first kappa shape index (κ1) is 26.5. The molecule has 4 N–H and O–H groups in total. The zero-order valence-corrected chi connectivity index (χ0v) is 20.3. The highest BCUT2D eigenvalue weighted by Gasteiger charge is 2.17. The van der Waals surface area contributed by atoms with Gasteiger partial charge in [-0.1, -0.05) is 24.3 Å². The number of halogens is 2. The summed E-state index contributed by atoms with van der Waals surface area (Å²) >= 11 is 0. The largest absolute Gasteiger partial charge is 0.493 e. The monoisotopic (exact) mass is 544 g/mol. The molecule has 0 spiro atoms. The molecule has 2 aromatic rings. The SMILES string of the molecule is CN=C(NCC(C)Oc1ccccc1OC)NCC(Cc1ccc(F)cc1)C(N)=O.I. The fourth-order valence-corrected chi connectivity index (χ4v) is 2.83. The molecule has 0 aliphatic heterocycles. The number of hydrogen-bond acceptors (Lipinski definition) is 4. The predicted octanol–water partition coefficient (Wildman–Crippen LogP) is 2.73. The molecule has 0 aliphatic carbocycles. The number of nitrogens with zero attached hydrogens (tertiary/aromatic N) is 1. The van der Waals surface area contributed by atoms with E-state index in [0.717, 1.165) is 5.56 Å². The van der Waals surface area contributed by atoms with Gasteiger partial charge in [0, 0.05) is 13.6 Å². The van der Waals surface area contributed by atoms with Gasteiger partial charge in [0.2, 0.25) is 5.91 Å². The minimum atomic E-state index is -0.462. The molecular weight excluding hydrogens is 514 g/mol. The number of para-hydroxylation sites is 2. The molecule has 0 bridgehead atoms. The molecule has 0 aromatic heterocycles. The quantitative estimate of drug-likeness (QED) is 0.243. The first-order chi connectivity index (χ1) is 14.4. The van der Waals surface area contributed by atoms with Crippen molar-refractivity contribution in [2.75, 3.05) is 27.2 Å². The van der Waals surface area contributed by atoms with Crippen LogP contribution in [0.25, 0.3) is 0 Å². The van der Waals surface area contributed by atoms with Crippen molar-refractivity contribution >= 4 is 35.8 Å². The highest BCUT2D eigenvalue weighted by molar-refractivity contribution is 14.0. The van der Waals surface area contributed by atoms with Crippen LogP contribution in [0.5, 0.6) is 11.5 Å². The van der Waals surface area contributed by atoms with Crippen LogP contribution in [-0.4, -0.2) is 45.2 Å². The van der Waals surface area contributed by atoms with E-state index in [0.29, 0.717) is 37.0 Å². The van der Waals surface area contributed by atoms with E-state index in [1.165, 1.54) is 12.1 Å². The van der Waals surface area contributed by atoms with Crippen LogP contribution in [-0.2, 0) is 11.2 Å². The van der Waals surface area contributed by atoms with E-state index in [2.05, 4.69) is 15.6 Å². The van der Waals surface area contributed by atoms with Crippen LogP contribution in [0.4, 0.5) is 4.39 Å². The number of carbonyl (C=O) groups is 1. The molecule has 0 fully saturated rings. The number of primary amides is 1. The van der Waals surface area contributed by atoms with Gasteiger partial charge in [-0.15, -0.1) is 24.0 Å². The van der Waals surface area contributed by atoms with Crippen LogP contribution in [0.2, 0.25) is 0 Å². The molecule has 0 saturated heterocycles. The van der Waals surface area contributed by atoms with Gasteiger partial charge in [-0.05, 0) is 43.2 Å². The average Bonchev–Trinajstić information content (AvgIpc) is 2.74. The van der Waals surface area contributed by atoms with Gasteiger partial charge in [-0.25, -0.2) is 4.39 Å². The second kappa shape index (κ2) is 13.7. The fourth-order valence-electron chi connectivity index (χ4n) is 2.83. The van der Waals surface area contributed by atoms with Gasteiger partial charge in [0.25, 0.3) is 0 Å². The minimum absolute atomic E-state index is 0. The Balaban J connectivity index is 0.00000480. The molecule has 7 nitrogen and oxygen atoms in total. The van der Waals surface area contributed by atoms with Crippen molar-refractivity contribution in [3.63, 3.8) is 0 Å². The second-order valence-electron chi connectivity index (χ2n) is 6.84. The number of carbonyl (C=O) groups excluding carboxylic acids is 1. The molecule has 0 heterocycles. The third-order valence-corrected chi connectivity index (χ3v) is 4.49. The molecule has 31 heavy (non-hydrogen) atoms. The van der Waals surface area contributed by atoms with Crippen LogP contribution in [0.3, 0.4) is 0 Å². The molecule has 0 saturated carbocycles. The smallest absolute Gasteiger partial charge is 0.222 e. The summed E-state index contributed by atoms with van der Waals surface area (Å²) < 4.78 is 24.3. The Bertz CT molecular complexity index is 849. The van der Waals surface area contributed by atoms with Crippen molar-refractivity contribution in [2.45, 2.75) is 19.4 Å². The van der Waals surface area contributed by atoms with E-state index in [1.54, 1.807) is 26.3 Å². The Hall–Kier alpha value is -2.56. The highest BCUT2D eigenvalue weighted by atomic mass is 127. The van der Waals surface area contributed by atoms with Crippen molar-refractivity contribution in [1.29, 1.82) is 0 Å². The molecule has 9 heteroatoms. The van der Waals surface area contributed by atoms with Crippen molar-refractivity contribution in [3.05, 3.63) is 59.9 Å². The molecule has 1 amide bonds. The zero-order valence-electron chi connectivity index (χ0n) is 17.9. The number of ether oxygens (including phenoxy) is 2. The van der Waals surface area contributed by atoms with E-state index >= 15 is 0 Å². The Morgan fingerprint density at radius 1 is 1.10 bits per heavy atom. The summed E-state index contributed by atoms with van der Waals surface area (Å²) in [5.74, 6) is 0.631. The van der Waals surface area contributed by atoms with Gasteiger partial charge in [-0.2, -0.15) is 0 Å². The first-order valence-corrected chi connectivity index (χ1v) is 9.70. The Morgan fingerprint density at radius 2 is 1.71 bits per heavy atom. The van der Waals surface area contributed by atoms with Gasteiger partial charge in [0.1, 0.15) is 11.9 Å². The molecule has 0 aliphatic rings. The van der Waals surface area contributed by atoms with E-state index in [1.807, 2.05) is 31.2 Å². The summed E-state index contributed by atoms with van der Waals surface area (Å²) in [6.45, 7) is 2.71. The standard InChI is InChI=1S/C22H29FN4O3.HI/c1-15(30-20-7-5-4-6-19(20)29-3)13-26-22(25-2)27-14-17(21(24)28)12-16-8-10-18(23)11-9-16;/h4-11,15,17H,12-14H2,1-3H3,(H2,24,28)(H2,25,26,27);1H. The number of hydrogen-bond donors (Lipinski definition) is 3. The number of rotatable bonds is 10. The molecule has 170 valence electrons. The summed E-state index contributed by atoms with van der Waals surface area (Å²) in [6.07, 6.45) is 0.249. The number of benzene rings is 2. The maximum absolute atomic E-state index is 13.1. The number of amides is 1. The van der Waals surface area contributed by atoms with Gasteiger partial charge in [0.15, 0.2) is 17.5 Å². The van der Waals surface area contributed by atoms with Crippen LogP contribution in [0.1, 0.15) is 12.5 Å². The number of methoxy groups -OCH3 is 1. The van der Waals surface area contributed by atoms with Crippen LogP contribution in [0, 0.1) is 11.7 Å². The maximum atomic E-state index is 13.1. The van der Waals surface area contributed by atoms with Crippen LogP contribution in [0.15, 0.2) is 53.5 Å². The lowest BCUT2D eigenvalue weighted by atomic mass is 9.98. The molecular formula is C22H30FIN4O3. The Labute approximate surface area is 199 Å². The molecule has 0 radical (unpaired) electrons. The number of nitrogens with one attached hydrogen (secondary N) is 2. The van der Waals surface area contributed by atoms with Gasteiger partial charge < -0.3 is 25.8 Å². The van der Waals surface area contributed by atoms with Gasteiger partial charge >= 0.3 is 0 Å². The topological polar surface area (TPSA) is 98.0 Å². The average molecular weight is 544 g/mol. The normalized spacial score (nSPS) is 12.8. The Morgan fingerprint density at radius 3 is 2.29 bits per heavy atom. The van der Waals surface area contributed by atoms with E-state index in [4.69, 9.17) is 15.2 Å². The van der Waals surface area contributed by atoms with Crippen LogP contribution >= 0.6 is 24.0 Å². The maximum Gasteiger partial charge on any atom is 0.222 e. The minimum Gasteiger partial charge on any atom is -0.493 e. The van der Waals surface area contributed by atoms with E-state index in [-0.39, 0.29) is 35.9 Å². The fraction of sp³-hybridized carbons (Fsp3) is 0.364. The third kappa shape index (κ3) is 8.99. The molecule has 2 aromatic carbocycles. The first-order valence-electron chi connectivity index (χ1n) is 9.70. The molecule has 2 unspecified atom stereocenters. The van der Waals surface area contributed by atoms with Crippen molar-refractivity contribution < 1.29 is 18.7 Å². The molecule has 2 atom stereocenters. The number of guanidine groups is 1. The van der Waals surface area contributed by atoms with E-state index in [9.17, 15) is 9.18 Å². The molecule has 2 rings (SSSR count). The number of nitrogens with two attached hydrogens (primary N) is 1. The summed E-state index contributed by atoms with van der Waals surface area (Å²) in [6, 6.07) is 13.5. The predicted molar refractivity (Wildman–Crippen MR) is 131 cm³/mol. The van der Waals surface area contributed by atoms with Crippen molar-refractivity contribution in [2.24, 2.45) is 16.6 Å². The summed E-state index contributed by atoms with van der Waals surface area (Å²) in [5, 5.41) is 6.27. The van der Waals surface area contributed by atoms with Gasteiger partial charge in [-0.3, -0.25) is 9.79 Å². The van der Waals surface area contributed by atoms with Crippen LogP contribution < -0.4 is 25.8 Å². The van der Waals surface area contributed by atoms with Gasteiger partial charge in [0.05, 0.1) is 19.6 Å².